The van der Waals surface area contributed by atoms with Gasteiger partial charge in [-0.15, -0.1) is 0 Å². The van der Waals surface area contributed by atoms with Crippen LogP contribution in [0.25, 0.3) is 0 Å². The smallest absolute Gasteiger partial charge is 0.324 e. The average molecular weight is 443 g/mol. The van der Waals surface area contributed by atoms with Gasteiger partial charge in [-0.25, -0.2) is 4.79 Å². The van der Waals surface area contributed by atoms with E-state index in [2.05, 4.69) is 22.6 Å². The standard InChI is InChI=1S/C25H38N4O3/c1-4-15-25(16-5-2)23(31)29(24(32)27-25)18-22(30)26-21-14-10-9-11-19(21)17-28(3)20-12-7-6-8-13-20/h9-11,14,20H,4-8,12-13,15-18H2,1-3H3,(H,26,30)(H,27,32). The molecule has 2 N–H and O–H groups in total. The van der Waals surface area contributed by atoms with Gasteiger partial charge in [0.1, 0.15) is 12.1 Å². The van der Waals surface area contributed by atoms with Crippen molar-refractivity contribution in [2.75, 3.05) is 18.9 Å². The Bertz CT molecular complexity index is 813. The second-order valence-electron chi connectivity index (χ2n) is 9.32. The molecule has 2 fully saturated rings. The number of carbonyl (C=O) groups is 3. The quantitative estimate of drug-likeness (QED) is 0.530. The number of imide groups is 1. The molecule has 0 spiro atoms. The van der Waals surface area contributed by atoms with E-state index in [9.17, 15) is 14.4 Å². The van der Waals surface area contributed by atoms with E-state index in [-0.39, 0.29) is 18.4 Å². The van der Waals surface area contributed by atoms with Gasteiger partial charge < -0.3 is 10.6 Å². The molecule has 176 valence electrons. The molecular formula is C25H38N4O3. The van der Waals surface area contributed by atoms with Crippen LogP contribution in [-0.4, -0.2) is 52.8 Å². The van der Waals surface area contributed by atoms with Gasteiger partial charge in [0.25, 0.3) is 5.91 Å². The lowest BCUT2D eigenvalue weighted by atomic mass is 9.88. The lowest BCUT2D eigenvalue weighted by Gasteiger charge is -2.31. The van der Waals surface area contributed by atoms with Gasteiger partial charge in [-0.05, 0) is 44.4 Å². The summed E-state index contributed by atoms with van der Waals surface area (Å²) in [5, 5.41) is 5.80. The molecule has 2 aliphatic rings. The first-order valence-electron chi connectivity index (χ1n) is 12.1. The lowest BCUT2D eigenvalue weighted by molar-refractivity contribution is -0.134. The van der Waals surface area contributed by atoms with Crippen molar-refractivity contribution in [3.05, 3.63) is 29.8 Å². The van der Waals surface area contributed by atoms with Gasteiger partial charge in [0, 0.05) is 18.3 Å². The van der Waals surface area contributed by atoms with Gasteiger partial charge in [0.15, 0.2) is 0 Å². The van der Waals surface area contributed by atoms with Crippen LogP contribution in [0.15, 0.2) is 24.3 Å². The third-order valence-electron chi connectivity index (χ3n) is 6.81. The lowest BCUT2D eigenvalue weighted by Crippen LogP contribution is -2.47. The largest absolute Gasteiger partial charge is 0.325 e. The van der Waals surface area contributed by atoms with Crippen molar-refractivity contribution in [2.24, 2.45) is 0 Å². The third-order valence-corrected chi connectivity index (χ3v) is 6.81. The van der Waals surface area contributed by atoms with E-state index in [1.807, 2.05) is 38.1 Å². The SMILES string of the molecule is CCCC1(CCC)NC(=O)N(CC(=O)Nc2ccccc2CN(C)C2CCCCC2)C1=O. The van der Waals surface area contributed by atoms with Crippen molar-refractivity contribution in [3.8, 4) is 0 Å². The van der Waals surface area contributed by atoms with Gasteiger partial charge in [0.05, 0.1) is 0 Å². The highest BCUT2D eigenvalue weighted by molar-refractivity contribution is 6.10. The summed E-state index contributed by atoms with van der Waals surface area (Å²) in [5.41, 5.74) is 0.902. The van der Waals surface area contributed by atoms with Crippen molar-refractivity contribution in [1.82, 2.24) is 15.1 Å². The molecule has 1 aliphatic heterocycles. The van der Waals surface area contributed by atoms with Crippen LogP contribution in [-0.2, 0) is 16.1 Å². The predicted molar refractivity (Wildman–Crippen MR) is 126 cm³/mol. The molecule has 7 nitrogen and oxygen atoms in total. The molecule has 1 saturated heterocycles. The predicted octanol–water partition coefficient (Wildman–Crippen LogP) is 4.28. The van der Waals surface area contributed by atoms with E-state index in [1.165, 1.54) is 32.1 Å². The van der Waals surface area contributed by atoms with Crippen LogP contribution in [0.5, 0.6) is 0 Å². The first-order chi connectivity index (χ1) is 15.4. The monoisotopic (exact) mass is 442 g/mol. The summed E-state index contributed by atoms with van der Waals surface area (Å²) in [6.45, 7) is 4.47. The van der Waals surface area contributed by atoms with Gasteiger partial charge in [-0.1, -0.05) is 64.2 Å². The molecule has 1 aliphatic carbocycles. The van der Waals surface area contributed by atoms with Crippen LogP contribution >= 0.6 is 0 Å². The van der Waals surface area contributed by atoms with Crippen LogP contribution in [0.2, 0.25) is 0 Å². The van der Waals surface area contributed by atoms with E-state index in [0.29, 0.717) is 18.9 Å². The number of hydrogen-bond acceptors (Lipinski definition) is 4. The minimum absolute atomic E-state index is 0.271. The fourth-order valence-corrected chi connectivity index (χ4v) is 5.17. The van der Waals surface area contributed by atoms with Crippen molar-refractivity contribution in [1.29, 1.82) is 0 Å². The summed E-state index contributed by atoms with van der Waals surface area (Å²) in [6, 6.07) is 7.87. The second kappa shape index (κ2) is 10.9. The van der Waals surface area contributed by atoms with Gasteiger partial charge in [0.2, 0.25) is 5.91 Å². The number of nitrogens with zero attached hydrogens (tertiary/aromatic N) is 2. The zero-order chi connectivity index (χ0) is 23.1. The maximum absolute atomic E-state index is 13.0. The minimum atomic E-state index is -0.874. The van der Waals surface area contributed by atoms with Crippen LogP contribution in [0.4, 0.5) is 10.5 Å². The average Bonchev–Trinajstić information content (AvgIpc) is 3.00. The summed E-state index contributed by atoms with van der Waals surface area (Å²) < 4.78 is 0. The fraction of sp³-hybridized carbons (Fsp3) is 0.640. The van der Waals surface area contributed by atoms with Crippen molar-refractivity contribution in [2.45, 2.75) is 89.8 Å². The second-order valence-corrected chi connectivity index (χ2v) is 9.32. The Morgan fingerprint density at radius 1 is 1.12 bits per heavy atom. The Kier molecular flexibility index (Phi) is 8.29. The number of hydrogen-bond donors (Lipinski definition) is 2. The van der Waals surface area contributed by atoms with E-state index in [0.717, 1.165) is 35.5 Å². The number of urea groups is 1. The van der Waals surface area contributed by atoms with E-state index < -0.39 is 11.6 Å². The molecular weight excluding hydrogens is 404 g/mol. The number of amides is 4. The zero-order valence-corrected chi connectivity index (χ0v) is 19.8. The normalized spacial score (nSPS) is 18.8. The molecule has 32 heavy (non-hydrogen) atoms. The minimum Gasteiger partial charge on any atom is -0.324 e. The molecule has 1 saturated carbocycles. The highest BCUT2D eigenvalue weighted by atomic mass is 16.2. The fourth-order valence-electron chi connectivity index (χ4n) is 5.17. The zero-order valence-electron chi connectivity index (χ0n) is 19.8. The Morgan fingerprint density at radius 2 is 1.78 bits per heavy atom. The van der Waals surface area contributed by atoms with E-state index in [1.54, 1.807) is 0 Å². The number of rotatable bonds is 10. The van der Waals surface area contributed by atoms with Crippen molar-refractivity contribution in [3.63, 3.8) is 0 Å². The Hall–Kier alpha value is -2.41. The van der Waals surface area contributed by atoms with Gasteiger partial charge >= 0.3 is 6.03 Å². The molecule has 0 aromatic heterocycles. The molecule has 0 bridgehead atoms. The molecule has 0 atom stereocenters. The molecule has 1 aromatic rings. The van der Waals surface area contributed by atoms with Crippen LogP contribution in [0.3, 0.4) is 0 Å². The molecule has 0 unspecified atom stereocenters. The van der Waals surface area contributed by atoms with Crippen LogP contribution in [0.1, 0.15) is 77.2 Å². The number of anilines is 1. The summed E-state index contributed by atoms with van der Waals surface area (Å²) in [7, 11) is 2.14. The maximum Gasteiger partial charge on any atom is 0.325 e. The van der Waals surface area contributed by atoms with Crippen molar-refractivity contribution >= 4 is 23.5 Å². The molecule has 0 radical (unpaired) electrons. The molecule has 7 heteroatoms. The Labute approximate surface area is 191 Å². The Balaban J connectivity index is 1.65. The molecule has 4 amide bonds. The van der Waals surface area contributed by atoms with Crippen LogP contribution < -0.4 is 10.6 Å². The maximum atomic E-state index is 13.0. The van der Waals surface area contributed by atoms with Gasteiger partial charge in [-0.2, -0.15) is 0 Å². The Morgan fingerprint density at radius 3 is 2.44 bits per heavy atom. The van der Waals surface area contributed by atoms with Crippen LogP contribution in [0, 0.1) is 0 Å². The topological polar surface area (TPSA) is 81.8 Å². The molecule has 1 aromatic carbocycles. The summed E-state index contributed by atoms with van der Waals surface area (Å²) in [6.07, 6.45) is 9.04. The first-order valence-corrected chi connectivity index (χ1v) is 12.1. The van der Waals surface area contributed by atoms with Gasteiger partial charge in [-0.3, -0.25) is 19.4 Å². The number of nitrogens with one attached hydrogen (secondary N) is 2. The summed E-state index contributed by atoms with van der Waals surface area (Å²) in [4.78, 5) is 41.8. The summed E-state index contributed by atoms with van der Waals surface area (Å²) >= 11 is 0. The highest BCUT2D eigenvalue weighted by Gasteiger charge is 2.50. The number of para-hydroxylation sites is 1. The van der Waals surface area contributed by atoms with E-state index in [4.69, 9.17) is 0 Å². The molecule has 3 rings (SSSR count). The molecule has 1 heterocycles. The highest BCUT2D eigenvalue weighted by Crippen LogP contribution is 2.28. The number of benzene rings is 1. The van der Waals surface area contributed by atoms with E-state index >= 15 is 0 Å². The number of carbonyl (C=O) groups excluding carboxylic acids is 3. The van der Waals surface area contributed by atoms with Crippen molar-refractivity contribution < 1.29 is 14.4 Å². The summed E-state index contributed by atoms with van der Waals surface area (Å²) in [5.74, 6) is -0.642. The first kappa shape index (κ1) is 24.2. The third kappa shape index (κ3) is 5.49.